The van der Waals surface area contributed by atoms with E-state index in [1.165, 1.54) is 22.3 Å². The van der Waals surface area contributed by atoms with E-state index in [9.17, 15) is 0 Å². The lowest BCUT2D eigenvalue weighted by Gasteiger charge is -2.13. The second-order valence-electron chi connectivity index (χ2n) is 5.85. The van der Waals surface area contributed by atoms with Gasteiger partial charge in [-0.25, -0.2) is 4.99 Å². The molecule has 0 saturated heterocycles. The smallest absolute Gasteiger partial charge is 0.0909 e. The van der Waals surface area contributed by atoms with Gasteiger partial charge in [-0.15, -0.1) is 0 Å². The van der Waals surface area contributed by atoms with E-state index in [-0.39, 0.29) is 0 Å². The molecule has 0 unspecified atom stereocenters. The predicted octanol–water partition coefficient (Wildman–Crippen LogP) is 4.53. The average Bonchev–Trinajstić information content (AvgIpc) is 2.55. The Morgan fingerprint density at radius 3 is 2.57 bits per heavy atom. The van der Waals surface area contributed by atoms with Gasteiger partial charge in [0.05, 0.1) is 12.0 Å². The van der Waals surface area contributed by atoms with Crippen molar-refractivity contribution in [3.05, 3.63) is 52.6 Å². The maximum atomic E-state index is 4.59. The molecule has 0 aromatic heterocycles. The molecule has 1 N–H and O–H groups in total. The first-order valence-electron chi connectivity index (χ1n) is 8.34. The first-order valence-corrected chi connectivity index (χ1v) is 8.34. The monoisotopic (exact) mass is 313 g/mol. The first-order chi connectivity index (χ1) is 11.0. The number of nitrogens with one attached hydrogen (secondary N) is 1. The summed E-state index contributed by atoms with van der Waals surface area (Å²) in [5.74, 6) is 0. The highest BCUT2D eigenvalue weighted by Crippen LogP contribution is 2.23. The predicted molar refractivity (Wildman–Crippen MR) is 103 cm³/mol. The SMILES string of the molecule is C/C=C\C(=C/C)CNCc1cc(C)c(N=CN(C)CC)cc1C. The number of hydrogen-bond acceptors (Lipinski definition) is 2. The molecular formula is C20H31N3. The van der Waals surface area contributed by atoms with Gasteiger partial charge in [0.2, 0.25) is 0 Å². The van der Waals surface area contributed by atoms with E-state index in [0.29, 0.717) is 0 Å². The second-order valence-corrected chi connectivity index (χ2v) is 5.85. The van der Waals surface area contributed by atoms with E-state index in [0.717, 1.165) is 25.3 Å². The van der Waals surface area contributed by atoms with Crippen LogP contribution in [0.15, 0.2) is 40.9 Å². The molecule has 1 aromatic carbocycles. The minimum atomic E-state index is 0.875. The Morgan fingerprint density at radius 2 is 1.96 bits per heavy atom. The lowest BCUT2D eigenvalue weighted by atomic mass is 10.0. The van der Waals surface area contributed by atoms with Crippen LogP contribution < -0.4 is 5.32 Å². The maximum absolute atomic E-state index is 4.59. The van der Waals surface area contributed by atoms with Crippen LogP contribution in [-0.2, 0) is 6.54 Å². The van der Waals surface area contributed by atoms with Gasteiger partial charge < -0.3 is 10.2 Å². The topological polar surface area (TPSA) is 27.6 Å². The number of benzene rings is 1. The van der Waals surface area contributed by atoms with Gasteiger partial charge in [0.25, 0.3) is 0 Å². The van der Waals surface area contributed by atoms with Crippen molar-refractivity contribution in [1.29, 1.82) is 0 Å². The summed E-state index contributed by atoms with van der Waals surface area (Å²) in [5, 5.41) is 3.52. The second kappa shape index (κ2) is 10.0. The normalized spacial score (nSPS) is 12.5. The van der Waals surface area contributed by atoms with Crippen LogP contribution >= 0.6 is 0 Å². The molecule has 0 bridgehead atoms. The third-order valence-electron chi connectivity index (χ3n) is 3.94. The highest BCUT2D eigenvalue weighted by Gasteiger charge is 2.04. The molecular weight excluding hydrogens is 282 g/mol. The zero-order valence-corrected chi connectivity index (χ0v) is 15.5. The molecule has 0 saturated carbocycles. The summed E-state index contributed by atoms with van der Waals surface area (Å²) in [6.45, 7) is 13.2. The van der Waals surface area contributed by atoms with E-state index in [4.69, 9.17) is 0 Å². The number of allylic oxidation sites excluding steroid dienone is 2. The Morgan fingerprint density at radius 1 is 1.22 bits per heavy atom. The highest BCUT2D eigenvalue weighted by molar-refractivity contribution is 5.63. The fraction of sp³-hybridized carbons (Fsp3) is 0.450. The van der Waals surface area contributed by atoms with Crippen LogP contribution in [0.1, 0.15) is 37.5 Å². The van der Waals surface area contributed by atoms with Crippen molar-refractivity contribution in [3.63, 3.8) is 0 Å². The third-order valence-corrected chi connectivity index (χ3v) is 3.94. The van der Waals surface area contributed by atoms with E-state index in [1.807, 2.05) is 20.3 Å². The summed E-state index contributed by atoms with van der Waals surface area (Å²) in [4.78, 5) is 6.66. The largest absolute Gasteiger partial charge is 0.366 e. The first kappa shape index (κ1) is 19.2. The van der Waals surface area contributed by atoms with Crippen LogP contribution in [0, 0.1) is 13.8 Å². The molecule has 126 valence electrons. The van der Waals surface area contributed by atoms with E-state index in [1.54, 1.807) is 0 Å². The average molecular weight is 313 g/mol. The molecule has 3 nitrogen and oxygen atoms in total. The van der Waals surface area contributed by atoms with Crippen LogP contribution in [0.5, 0.6) is 0 Å². The summed E-state index contributed by atoms with van der Waals surface area (Å²) in [6, 6.07) is 4.42. The number of nitrogens with zero attached hydrogens (tertiary/aromatic N) is 2. The van der Waals surface area contributed by atoms with Crippen LogP contribution in [0.3, 0.4) is 0 Å². The molecule has 0 aliphatic rings. The summed E-state index contributed by atoms with van der Waals surface area (Å²) in [5.41, 5.74) is 6.19. The van der Waals surface area contributed by atoms with Gasteiger partial charge >= 0.3 is 0 Å². The molecule has 1 aromatic rings. The van der Waals surface area contributed by atoms with E-state index < -0.39 is 0 Å². The molecule has 0 aliphatic heterocycles. The van der Waals surface area contributed by atoms with Crippen molar-refractivity contribution in [2.45, 2.75) is 41.2 Å². The minimum absolute atomic E-state index is 0.875. The van der Waals surface area contributed by atoms with E-state index >= 15 is 0 Å². The van der Waals surface area contributed by atoms with Gasteiger partial charge in [0.1, 0.15) is 0 Å². The fourth-order valence-electron chi connectivity index (χ4n) is 2.25. The molecule has 0 spiro atoms. The van der Waals surface area contributed by atoms with E-state index in [2.05, 4.69) is 73.3 Å². The zero-order chi connectivity index (χ0) is 17.2. The Bertz CT molecular complexity index is 583. The van der Waals surface area contributed by atoms with Gasteiger partial charge in [-0.05, 0) is 62.9 Å². The third kappa shape index (κ3) is 6.41. The van der Waals surface area contributed by atoms with Crippen molar-refractivity contribution in [2.24, 2.45) is 4.99 Å². The number of aryl methyl sites for hydroxylation is 2. The van der Waals surface area contributed by atoms with Crippen molar-refractivity contribution in [1.82, 2.24) is 10.2 Å². The summed E-state index contributed by atoms with van der Waals surface area (Å²) >= 11 is 0. The van der Waals surface area contributed by atoms with Gasteiger partial charge in [-0.2, -0.15) is 0 Å². The fourth-order valence-corrected chi connectivity index (χ4v) is 2.25. The van der Waals surface area contributed by atoms with Crippen molar-refractivity contribution in [3.8, 4) is 0 Å². The number of aliphatic imine (C=N–C) groups is 1. The van der Waals surface area contributed by atoms with Gasteiger partial charge in [0, 0.05) is 26.7 Å². The van der Waals surface area contributed by atoms with Gasteiger partial charge in [-0.1, -0.05) is 24.3 Å². The van der Waals surface area contributed by atoms with Crippen LogP contribution in [0.4, 0.5) is 5.69 Å². The minimum Gasteiger partial charge on any atom is -0.366 e. The number of rotatable bonds is 8. The molecule has 1 rings (SSSR count). The number of hydrogen-bond donors (Lipinski definition) is 1. The van der Waals surface area contributed by atoms with Crippen LogP contribution in [-0.4, -0.2) is 31.4 Å². The quantitative estimate of drug-likeness (QED) is 0.434. The molecule has 0 amide bonds. The van der Waals surface area contributed by atoms with Gasteiger partial charge in [-0.3, -0.25) is 0 Å². The Labute approximate surface area is 141 Å². The Balaban J connectivity index is 2.75. The molecule has 0 atom stereocenters. The Hall–Kier alpha value is -1.87. The molecule has 0 fully saturated rings. The molecule has 3 heteroatoms. The summed E-state index contributed by atoms with van der Waals surface area (Å²) in [7, 11) is 2.04. The summed E-state index contributed by atoms with van der Waals surface area (Å²) < 4.78 is 0. The summed E-state index contributed by atoms with van der Waals surface area (Å²) in [6.07, 6.45) is 8.27. The van der Waals surface area contributed by atoms with Crippen molar-refractivity contribution in [2.75, 3.05) is 20.1 Å². The molecule has 0 aliphatic carbocycles. The lowest BCUT2D eigenvalue weighted by Crippen LogP contribution is -2.16. The van der Waals surface area contributed by atoms with Gasteiger partial charge in [0.15, 0.2) is 0 Å². The standard InChI is InChI=1S/C20H31N3/c1-7-10-18(8-2)13-21-14-19-11-17(5)20(12-16(19)4)22-15-23(6)9-3/h7-8,10-12,15,21H,9,13-14H2,1-6H3/b10-7-,18-8+,22-15?. The Kier molecular flexibility index (Phi) is 8.35. The molecule has 0 radical (unpaired) electrons. The van der Waals surface area contributed by atoms with Crippen molar-refractivity contribution < 1.29 is 0 Å². The molecule has 0 heterocycles. The zero-order valence-electron chi connectivity index (χ0n) is 15.5. The van der Waals surface area contributed by atoms with Crippen molar-refractivity contribution >= 4 is 12.0 Å². The van der Waals surface area contributed by atoms with Crippen LogP contribution in [0.2, 0.25) is 0 Å². The maximum Gasteiger partial charge on any atom is 0.0909 e. The lowest BCUT2D eigenvalue weighted by molar-refractivity contribution is 0.552. The highest BCUT2D eigenvalue weighted by atomic mass is 15.1. The molecule has 23 heavy (non-hydrogen) atoms. The van der Waals surface area contributed by atoms with Crippen LogP contribution in [0.25, 0.3) is 0 Å².